The van der Waals surface area contributed by atoms with Gasteiger partial charge in [-0.15, -0.1) is 5.10 Å². The molecule has 19 heavy (non-hydrogen) atoms. The van der Waals surface area contributed by atoms with E-state index < -0.39 is 0 Å². The molecule has 0 radical (unpaired) electrons. The molecule has 100 valence electrons. The van der Waals surface area contributed by atoms with Crippen LogP contribution < -0.4 is 10.1 Å². The highest BCUT2D eigenvalue weighted by atomic mass is 35.5. The van der Waals surface area contributed by atoms with Gasteiger partial charge in [0.05, 0.1) is 6.54 Å². The molecule has 0 spiro atoms. The van der Waals surface area contributed by atoms with E-state index in [0.29, 0.717) is 17.3 Å². The lowest BCUT2D eigenvalue weighted by Gasteiger charge is -2.04. The molecule has 0 aliphatic heterocycles. The fourth-order valence-corrected chi connectivity index (χ4v) is 1.39. The summed E-state index contributed by atoms with van der Waals surface area (Å²) in [7, 11) is 0. The Morgan fingerprint density at radius 2 is 2.16 bits per heavy atom. The van der Waals surface area contributed by atoms with Gasteiger partial charge in [-0.05, 0) is 36.4 Å². The van der Waals surface area contributed by atoms with E-state index in [9.17, 15) is 4.79 Å². The molecule has 0 bridgehead atoms. The van der Waals surface area contributed by atoms with Gasteiger partial charge in [0, 0.05) is 5.02 Å². The highest BCUT2D eigenvalue weighted by Crippen LogP contribution is 2.15. The Bertz CT molecular complexity index is 554. The van der Waals surface area contributed by atoms with Crippen molar-refractivity contribution in [2.75, 3.05) is 11.9 Å². The third kappa shape index (κ3) is 3.92. The minimum absolute atomic E-state index is 0.137. The lowest BCUT2D eigenvalue weighted by atomic mass is 10.3. The molecule has 8 heteroatoms. The zero-order valence-corrected chi connectivity index (χ0v) is 11.0. The van der Waals surface area contributed by atoms with Crippen molar-refractivity contribution < 1.29 is 9.53 Å². The number of rotatable bonds is 5. The van der Waals surface area contributed by atoms with Crippen LogP contribution in [0.1, 0.15) is 6.92 Å². The maximum absolute atomic E-state index is 11.6. The average molecular weight is 282 g/mol. The van der Waals surface area contributed by atoms with Crippen LogP contribution in [0.25, 0.3) is 0 Å². The van der Waals surface area contributed by atoms with Crippen molar-refractivity contribution in [2.24, 2.45) is 0 Å². The summed E-state index contributed by atoms with van der Waals surface area (Å²) in [5.41, 5.74) is 0. The van der Waals surface area contributed by atoms with Crippen molar-refractivity contribution in [1.29, 1.82) is 0 Å². The molecule has 2 rings (SSSR count). The number of tetrazole rings is 1. The van der Waals surface area contributed by atoms with E-state index in [4.69, 9.17) is 16.3 Å². The first-order chi connectivity index (χ1) is 9.17. The minimum atomic E-state index is -0.356. The zero-order chi connectivity index (χ0) is 13.7. The molecular formula is C11H12ClN5O2. The van der Waals surface area contributed by atoms with Crippen molar-refractivity contribution in [3.63, 3.8) is 0 Å². The number of hydrogen-bond donors (Lipinski definition) is 1. The first-order valence-electron chi connectivity index (χ1n) is 5.63. The van der Waals surface area contributed by atoms with E-state index in [1.54, 1.807) is 24.3 Å². The van der Waals surface area contributed by atoms with Gasteiger partial charge in [-0.2, -0.15) is 4.80 Å². The average Bonchev–Trinajstić information content (AvgIpc) is 2.86. The lowest BCUT2D eigenvalue weighted by molar-refractivity contribution is -0.118. The highest BCUT2D eigenvalue weighted by molar-refractivity contribution is 6.30. The van der Waals surface area contributed by atoms with Crippen LogP contribution in [0, 0.1) is 0 Å². The van der Waals surface area contributed by atoms with Crippen LogP contribution in [0.2, 0.25) is 5.02 Å². The predicted molar refractivity (Wildman–Crippen MR) is 69.1 cm³/mol. The number of nitrogens with one attached hydrogen (secondary N) is 1. The lowest BCUT2D eigenvalue weighted by Crippen LogP contribution is -2.21. The molecule has 0 saturated carbocycles. The largest absolute Gasteiger partial charge is 0.484 e. The number of halogens is 1. The molecule has 1 amide bonds. The Hall–Kier alpha value is -2.15. The molecule has 1 N–H and O–H groups in total. The van der Waals surface area contributed by atoms with E-state index in [0.717, 1.165) is 0 Å². The summed E-state index contributed by atoms with van der Waals surface area (Å²) in [6, 6.07) is 6.73. The number of carbonyl (C=O) groups excluding carboxylic acids is 1. The smallest absolute Gasteiger partial charge is 0.270 e. The van der Waals surface area contributed by atoms with Gasteiger partial charge in [0.25, 0.3) is 11.9 Å². The maximum atomic E-state index is 11.6. The van der Waals surface area contributed by atoms with Gasteiger partial charge in [-0.3, -0.25) is 10.1 Å². The normalized spacial score (nSPS) is 10.2. The second-order valence-corrected chi connectivity index (χ2v) is 4.03. The second kappa shape index (κ2) is 6.14. The van der Waals surface area contributed by atoms with Crippen molar-refractivity contribution in [3.8, 4) is 5.75 Å². The van der Waals surface area contributed by atoms with E-state index >= 15 is 0 Å². The molecule has 0 saturated heterocycles. The summed E-state index contributed by atoms with van der Waals surface area (Å²) in [5.74, 6) is 0.363. The number of nitrogens with zero attached hydrogens (tertiary/aromatic N) is 4. The van der Waals surface area contributed by atoms with Gasteiger partial charge in [-0.25, -0.2) is 0 Å². The van der Waals surface area contributed by atoms with E-state index in [2.05, 4.69) is 20.7 Å². The van der Waals surface area contributed by atoms with Crippen LogP contribution in [0.4, 0.5) is 5.95 Å². The maximum Gasteiger partial charge on any atom is 0.270 e. The van der Waals surface area contributed by atoms with Gasteiger partial charge in [0.15, 0.2) is 6.61 Å². The first-order valence-corrected chi connectivity index (χ1v) is 6.01. The predicted octanol–water partition coefficient (Wildman–Crippen LogP) is 1.36. The van der Waals surface area contributed by atoms with E-state index in [-0.39, 0.29) is 18.5 Å². The molecular weight excluding hydrogens is 270 g/mol. The number of aromatic nitrogens is 4. The Morgan fingerprint density at radius 1 is 1.42 bits per heavy atom. The van der Waals surface area contributed by atoms with Crippen LogP contribution in [0.3, 0.4) is 0 Å². The SMILES string of the molecule is CCn1nnc(NC(=O)COc2ccc(Cl)cc2)n1. The number of benzene rings is 1. The number of aryl methyl sites for hydroxylation is 1. The molecule has 1 aromatic heterocycles. The van der Waals surface area contributed by atoms with E-state index in [1.165, 1.54) is 4.80 Å². The molecule has 0 atom stereocenters. The standard InChI is InChI=1S/C11H12ClN5O2/c1-2-17-15-11(14-16-17)13-10(18)7-19-9-5-3-8(12)4-6-9/h3-6H,2,7H2,1H3,(H,13,15,18). The Morgan fingerprint density at radius 3 is 2.79 bits per heavy atom. The molecule has 1 aromatic carbocycles. The Labute approximate surface area is 114 Å². The third-order valence-electron chi connectivity index (χ3n) is 2.17. The van der Waals surface area contributed by atoms with Gasteiger partial charge < -0.3 is 4.74 Å². The summed E-state index contributed by atoms with van der Waals surface area (Å²) < 4.78 is 5.27. The summed E-state index contributed by atoms with van der Waals surface area (Å²) in [6.07, 6.45) is 0. The van der Waals surface area contributed by atoms with Crippen LogP contribution >= 0.6 is 11.6 Å². The molecule has 0 aliphatic rings. The number of amides is 1. The van der Waals surface area contributed by atoms with Crippen LogP contribution in [-0.4, -0.2) is 32.7 Å². The van der Waals surface area contributed by atoms with Gasteiger partial charge in [-0.1, -0.05) is 16.7 Å². The quantitative estimate of drug-likeness (QED) is 0.895. The summed E-state index contributed by atoms with van der Waals surface area (Å²) in [5, 5.41) is 14.4. The highest BCUT2D eigenvalue weighted by Gasteiger charge is 2.07. The van der Waals surface area contributed by atoms with Gasteiger partial charge in [0.2, 0.25) is 0 Å². The fraction of sp³-hybridized carbons (Fsp3) is 0.273. The number of carbonyl (C=O) groups is 1. The minimum Gasteiger partial charge on any atom is -0.484 e. The summed E-state index contributed by atoms with van der Waals surface area (Å²) >= 11 is 5.74. The topological polar surface area (TPSA) is 81.9 Å². The number of ether oxygens (including phenoxy) is 1. The molecule has 0 aliphatic carbocycles. The van der Waals surface area contributed by atoms with Crippen molar-refractivity contribution >= 4 is 23.5 Å². The van der Waals surface area contributed by atoms with Crippen molar-refractivity contribution in [1.82, 2.24) is 20.2 Å². The van der Waals surface area contributed by atoms with Crippen LogP contribution in [0.15, 0.2) is 24.3 Å². The molecule has 0 unspecified atom stereocenters. The van der Waals surface area contributed by atoms with Crippen LogP contribution in [-0.2, 0) is 11.3 Å². The Kier molecular flexibility index (Phi) is 4.30. The van der Waals surface area contributed by atoms with Gasteiger partial charge >= 0.3 is 0 Å². The third-order valence-corrected chi connectivity index (χ3v) is 2.42. The number of hydrogen-bond acceptors (Lipinski definition) is 5. The summed E-state index contributed by atoms with van der Waals surface area (Å²) in [6.45, 7) is 2.32. The molecule has 0 fully saturated rings. The van der Waals surface area contributed by atoms with Gasteiger partial charge in [0.1, 0.15) is 5.75 Å². The Balaban J connectivity index is 1.82. The van der Waals surface area contributed by atoms with Crippen molar-refractivity contribution in [3.05, 3.63) is 29.3 Å². The zero-order valence-electron chi connectivity index (χ0n) is 10.2. The molecule has 1 heterocycles. The van der Waals surface area contributed by atoms with Crippen LogP contribution in [0.5, 0.6) is 5.75 Å². The molecule has 7 nitrogen and oxygen atoms in total. The summed E-state index contributed by atoms with van der Waals surface area (Å²) in [4.78, 5) is 12.9. The first kappa shape index (κ1) is 13.3. The molecule has 2 aromatic rings. The second-order valence-electron chi connectivity index (χ2n) is 3.59. The monoisotopic (exact) mass is 281 g/mol. The van der Waals surface area contributed by atoms with E-state index in [1.807, 2.05) is 6.92 Å². The van der Waals surface area contributed by atoms with Crippen molar-refractivity contribution in [2.45, 2.75) is 13.5 Å². The number of anilines is 1. The fourth-order valence-electron chi connectivity index (χ4n) is 1.27.